The van der Waals surface area contributed by atoms with Gasteiger partial charge in [-0.3, -0.25) is 4.90 Å². The molecule has 0 amide bonds. The number of likely N-dealkylation sites (tertiary alicyclic amines) is 1. The van der Waals surface area contributed by atoms with Gasteiger partial charge in [0.1, 0.15) is 4.90 Å². The Morgan fingerprint density at radius 3 is 2.75 bits per heavy atom. The van der Waals surface area contributed by atoms with Gasteiger partial charge in [0.25, 0.3) is 0 Å². The smallest absolute Gasteiger partial charge is 0.242 e. The minimum atomic E-state index is -3.56. The minimum Gasteiger partial charge on any atom is -0.398 e. The molecule has 20 heavy (non-hydrogen) atoms. The Kier molecular flexibility index (Phi) is 3.79. The van der Waals surface area contributed by atoms with Crippen LogP contribution in [0, 0.1) is 0 Å². The van der Waals surface area contributed by atoms with Crippen molar-refractivity contribution in [3.8, 4) is 0 Å². The van der Waals surface area contributed by atoms with Crippen molar-refractivity contribution in [2.75, 3.05) is 18.8 Å². The average molecular weight is 360 g/mol. The standard InChI is InChI=1S/C13H18BrN3O2S/c14-9-1-4-12(15)13(7-9)20(18,19)16-10-5-6-17(8-10)11-2-3-11/h1,4,7,10-11,16H,2-3,5-6,8,15H2. The molecule has 1 aliphatic carbocycles. The predicted molar refractivity (Wildman–Crippen MR) is 81.9 cm³/mol. The van der Waals surface area contributed by atoms with Crippen LogP contribution in [0.2, 0.25) is 0 Å². The molecule has 1 aromatic rings. The van der Waals surface area contributed by atoms with Crippen LogP contribution in [0.1, 0.15) is 19.3 Å². The maximum absolute atomic E-state index is 12.4. The number of nitrogen functional groups attached to an aromatic ring is 1. The van der Waals surface area contributed by atoms with Crippen LogP contribution in [-0.2, 0) is 10.0 Å². The molecule has 1 saturated heterocycles. The largest absolute Gasteiger partial charge is 0.398 e. The van der Waals surface area contributed by atoms with Gasteiger partial charge >= 0.3 is 0 Å². The third-order valence-electron chi connectivity index (χ3n) is 3.87. The molecule has 2 aliphatic rings. The van der Waals surface area contributed by atoms with E-state index in [1.54, 1.807) is 18.2 Å². The summed E-state index contributed by atoms with van der Waals surface area (Å²) in [5.41, 5.74) is 6.06. The first kappa shape index (κ1) is 14.3. The summed E-state index contributed by atoms with van der Waals surface area (Å²) in [7, 11) is -3.56. The van der Waals surface area contributed by atoms with Crippen LogP contribution < -0.4 is 10.5 Å². The van der Waals surface area contributed by atoms with Gasteiger partial charge in [-0.15, -0.1) is 0 Å². The zero-order chi connectivity index (χ0) is 14.3. The first-order valence-corrected chi connectivity index (χ1v) is 9.05. The zero-order valence-corrected chi connectivity index (χ0v) is 13.5. The fourth-order valence-corrected chi connectivity index (χ4v) is 4.61. The average Bonchev–Trinajstić information content (AvgIpc) is 3.13. The number of benzene rings is 1. The van der Waals surface area contributed by atoms with E-state index in [0.29, 0.717) is 10.5 Å². The minimum absolute atomic E-state index is 0.0148. The Morgan fingerprint density at radius 1 is 1.30 bits per heavy atom. The number of nitrogens with one attached hydrogen (secondary N) is 1. The highest BCUT2D eigenvalue weighted by Gasteiger charge is 2.36. The number of nitrogens with zero attached hydrogens (tertiary/aromatic N) is 1. The molecule has 1 saturated carbocycles. The molecule has 1 heterocycles. The molecule has 110 valence electrons. The maximum atomic E-state index is 12.4. The van der Waals surface area contributed by atoms with E-state index >= 15 is 0 Å². The molecule has 1 unspecified atom stereocenters. The van der Waals surface area contributed by atoms with E-state index in [9.17, 15) is 8.42 Å². The molecule has 3 rings (SSSR count). The lowest BCUT2D eigenvalue weighted by Crippen LogP contribution is -2.37. The summed E-state index contributed by atoms with van der Waals surface area (Å²) in [6.07, 6.45) is 3.36. The van der Waals surface area contributed by atoms with Gasteiger partial charge in [0.05, 0.1) is 5.69 Å². The predicted octanol–water partition coefficient (Wildman–Crippen LogP) is 1.55. The SMILES string of the molecule is Nc1ccc(Br)cc1S(=O)(=O)NC1CCN(C2CC2)C1. The van der Waals surface area contributed by atoms with Crippen LogP contribution >= 0.6 is 15.9 Å². The summed E-state index contributed by atoms with van der Waals surface area (Å²) < 4.78 is 28.3. The van der Waals surface area contributed by atoms with Crippen LogP contribution in [-0.4, -0.2) is 38.5 Å². The van der Waals surface area contributed by atoms with Gasteiger partial charge in [-0.05, 0) is 37.5 Å². The number of hydrogen-bond acceptors (Lipinski definition) is 4. The van der Waals surface area contributed by atoms with E-state index in [1.165, 1.54) is 12.8 Å². The van der Waals surface area contributed by atoms with Gasteiger partial charge in [0, 0.05) is 29.6 Å². The molecule has 0 spiro atoms. The highest BCUT2D eigenvalue weighted by atomic mass is 79.9. The topological polar surface area (TPSA) is 75.4 Å². The van der Waals surface area contributed by atoms with Crippen molar-refractivity contribution in [2.45, 2.75) is 36.2 Å². The number of sulfonamides is 1. The van der Waals surface area contributed by atoms with Crippen molar-refractivity contribution in [3.63, 3.8) is 0 Å². The van der Waals surface area contributed by atoms with Gasteiger partial charge < -0.3 is 5.73 Å². The normalized spacial score (nSPS) is 24.1. The van der Waals surface area contributed by atoms with Crippen LogP contribution in [0.25, 0.3) is 0 Å². The highest BCUT2D eigenvalue weighted by Crippen LogP contribution is 2.30. The summed E-state index contributed by atoms with van der Waals surface area (Å²) in [6.45, 7) is 1.78. The maximum Gasteiger partial charge on any atom is 0.242 e. The first-order chi connectivity index (χ1) is 9.45. The molecule has 5 nitrogen and oxygen atoms in total. The van der Waals surface area contributed by atoms with Crippen molar-refractivity contribution in [1.29, 1.82) is 0 Å². The Morgan fingerprint density at radius 2 is 2.05 bits per heavy atom. The van der Waals surface area contributed by atoms with Crippen LogP contribution in [0.4, 0.5) is 5.69 Å². The summed E-state index contributed by atoms with van der Waals surface area (Å²) >= 11 is 3.28. The number of halogens is 1. The lowest BCUT2D eigenvalue weighted by molar-refractivity contribution is 0.322. The summed E-state index contributed by atoms with van der Waals surface area (Å²) in [6, 6.07) is 5.55. The lowest BCUT2D eigenvalue weighted by Gasteiger charge is -2.16. The molecule has 7 heteroatoms. The van der Waals surface area contributed by atoms with Crippen LogP contribution in [0.5, 0.6) is 0 Å². The quantitative estimate of drug-likeness (QED) is 0.799. The Balaban J connectivity index is 1.73. The second-order valence-corrected chi connectivity index (χ2v) is 8.11. The second kappa shape index (κ2) is 5.29. The van der Waals surface area contributed by atoms with Crippen molar-refractivity contribution in [3.05, 3.63) is 22.7 Å². The molecule has 0 radical (unpaired) electrons. The van der Waals surface area contributed by atoms with Crippen molar-refractivity contribution in [2.24, 2.45) is 0 Å². The van der Waals surface area contributed by atoms with Gasteiger partial charge in [0.2, 0.25) is 10.0 Å². The third kappa shape index (κ3) is 3.00. The monoisotopic (exact) mass is 359 g/mol. The van der Waals surface area contributed by atoms with E-state index in [0.717, 1.165) is 19.5 Å². The number of rotatable bonds is 4. The van der Waals surface area contributed by atoms with E-state index in [4.69, 9.17) is 5.73 Å². The molecule has 0 bridgehead atoms. The molecule has 1 aliphatic heterocycles. The second-order valence-electron chi connectivity index (χ2n) is 5.52. The van der Waals surface area contributed by atoms with Gasteiger partial charge in [-0.2, -0.15) is 0 Å². The highest BCUT2D eigenvalue weighted by molar-refractivity contribution is 9.10. The fourth-order valence-electron chi connectivity index (χ4n) is 2.68. The van der Waals surface area contributed by atoms with E-state index in [-0.39, 0.29) is 16.6 Å². The Labute approximate surface area is 127 Å². The van der Waals surface area contributed by atoms with Crippen LogP contribution in [0.15, 0.2) is 27.6 Å². The molecular weight excluding hydrogens is 342 g/mol. The third-order valence-corrected chi connectivity index (χ3v) is 5.94. The number of nitrogens with two attached hydrogens (primary N) is 1. The first-order valence-electron chi connectivity index (χ1n) is 6.77. The van der Waals surface area contributed by atoms with Crippen molar-refractivity contribution < 1.29 is 8.42 Å². The van der Waals surface area contributed by atoms with Crippen LogP contribution in [0.3, 0.4) is 0 Å². The Bertz CT molecular complexity index is 616. The van der Waals surface area contributed by atoms with Gasteiger partial charge in [-0.25, -0.2) is 13.1 Å². The van der Waals surface area contributed by atoms with Crippen molar-refractivity contribution >= 4 is 31.6 Å². The molecule has 0 aromatic heterocycles. The molecule has 2 fully saturated rings. The Hall–Kier alpha value is -0.630. The van der Waals surface area contributed by atoms with E-state index in [1.807, 2.05) is 0 Å². The van der Waals surface area contributed by atoms with Crippen molar-refractivity contribution in [1.82, 2.24) is 9.62 Å². The molecule has 3 N–H and O–H groups in total. The van der Waals surface area contributed by atoms with Gasteiger partial charge in [-0.1, -0.05) is 15.9 Å². The number of hydrogen-bond donors (Lipinski definition) is 2. The van der Waals surface area contributed by atoms with E-state index in [2.05, 4.69) is 25.6 Å². The van der Waals surface area contributed by atoms with Gasteiger partial charge in [0.15, 0.2) is 0 Å². The molecule has 1 aromatic carbocycles. The summed E-state index contributed by atoms with van der Waals surface area (Å²) in [5.74, 6) is 0. The fraction of sp³-hybridized carbons (Fsp3) is 0.538. The molecule has 1 atom stereocenters. The van der Waals surface area contributed by atoms with E-state index < -0.39 is 10.0 Å². The summed E-state index contributed by atoms with van der Waals surface area (Å²) in [5, 5.41) is 0. The lowest BCUT2D eigenvalue weighted by atomic mass is 10.3. The summed E-state index contributed by atoms with van der Waals surface area (Å²) in [4.78, 5) is 2.52. The number of anilines is 1. The zero-order valence-electron chi connectivity index (χ0n) is 11.0. The molecular formula is C13H18BrN3O2S.